The highest BCUT2D eigenvalue weighted by atomic mass is 19.4. The molecule has 4 rings (SSSR count). The summed E-state index contributed by atoms with van der Waals surface area (Å²) < 4.78 is 41.7. The van der Waals surface area contributed by atoms with Crippen molar-refractivity contribution < 1.29 is 18.0 Å². The maximum Gasteiger partial charge on any atom is 0.433 e. The van der Waals surface area contributed by atoms with E-state index < -0.39 is 11.9 Å². The Balaban J connectivity index is 1.61. The Kier molecular flexibility index (Phi) is 5.36. The van der Waals surface area contributed by atoms with E-state index in [-0.39, 0.29) is 17.5 Å². The first kappa shape index (κ1) is 21.1. The first-order chi connectivity index (χ1) is 14.6. The topological polar surface area (TPSA) is 53.7 Å². The number of hydrogen-bond donors (Lipinski definition) is 0. The third kappa shape index (κ3) is 4.22. The molecule has 1 aliphatic heterocycles. The van der Waals surface area contributed by atoms with Crippen LogP contribution in [0.3, 0.4) is 0 Å². The Labute approximate surface area is 178 Å². The monoisotopic (exact) mass is 431 g/mol. The molecule has 164 valence electrons. The Morgan fingerprint density at radius 3 is 2.52 bits per heavy atom. The molecule has 0 saturated carbocycles. The molecular formula is C22H24F3N5O. The van der Waals surface area contributed by atoms with Gasteiger partial charge in [-0.05, 0) is 50.1 Å². The largest absolute Gasteiger partial charge is 0.433 e. The molecule has 0 radical (unpaired) electrons. The van der Waals surface area contributed by atoms with Gasteiger partial charge in [0.2, 0.25) is 0 Å². The summed E-state index contributed by atoms with van der Waals surface area (Å²) >= 11 is 0. The molecule has 1 saturated heterocycles. The second-order valence-corrected chi connectivity index (χ2v) is 8.15. The molecule has 9 heteroatoms. The predicted molar refractivity (Wildman–Crippen MR) is 111 cm³/mol. The molecule has 6 nitrogen and oxygen atoms in total. The lowest BCUT2D eigenvalue weighted by atomic mass is 9.93. The number of piperidine rings is 1. The maximum atomic E-state index is 13.6. The van der Waals surface area contributed by atoms with Crippen LogP contribution in [0.4, 0.5) is 18.9 Å². The normalized spacial score (nSPS) is 17.2. The van der Waals surface area contributed by atoms with Crippen LogP contribution >= 0.6 is 0 Å². The predicted octanol–water partition coefficient (Wildman–Crippen LogP) is 4.14. The molecule has 1 amide bonds. The number of nitrogens with zero attached hydrogens (tertiary/aromatic N) is 5. The summed E-state index contributed by atoms with van der Waals surface area (Å²) in [5.41, 5.74) is 1.70. The van der Waals surface area contributed by atoms with Gasteiger partial charge in [0.25, 0.3) is 5.91 Å². The van der Waals surface area contributed by atoms with Crippen LogP contribution in [0.15, 0.2) is 36.4 Å². The summed E-state index contributed by atoms with van der Waals surface area (Å²) in [5.74, 6) is -0.382. The zero-order valence-electron chi connectivity index (χ0n) is 17.6. The summed E-state index contributed by atoms with van der Waals surface area (Å²) in [7, 11) is 3.85. The van der Waals surface area contributed by atoms with Gasteiger partial charge in [0, 0.05) is 56.1 Å². The lowest BCUT2D eigenvalue weighted by Crippen LogP contribution is -2.39. The van der Waals surface area contributed by atoms with Crippen molar-refractivity contribution in [1.82, 2.24) is 19.5 Å². The quantitative estimate of drug-likeness (QED) is 0.626. The van der Waals surface area contributed by atoms with Gasteiger partial charge in [-0.25, -0.2) is 9.50 Å². The zero-order chi connectivity index (χ0) is 22.3. The average molecular weight is 431 g/mol. The number of aryl methyl sites for hydroxylation is 1. The first-order valence-corrected chi connectivity index (χ1v) is 10.1. The smallest absolute Gasteiger partial charge is 0.378 e. The summed E-state index contributed by atoms with van der Waals surface area (Å²) in [6.07, 6.45) is -3.16. The number of benzene rings is 1. The average Bonchev–Trinajstić information content (AvgIpc) is 3.11. The molecule has 1 fully saturated rings. The molecule has 1 unspecified atom stereocenters. The van der Waals surface area contributed by atoms with Crippen LogP contribution in [-0.2, 0) is 6.18 Å². The number of carbonyl (C=O) groups is 1. The number of alkyl halides is 3. The van der Waals surface area contributed by atoms with Crippen LogP contribution in [0, 0.1) is 6.92 Å². The lowest BCUT2D eigenvalue weighted by molar-refractivity contribution is -0.142. The third-order valence-electron chi connectivity index (χ3n) is 5.62. The fourth-order valence-corrected chi connectivity index (χ4v) is 4.01. The molecule has 1 aromatic carbocycles. The van der Waals surface area contributed by atoms with Gasteiger partial charge in [0.05, 0.1) is 5.69 Å². The van der Waals surface area contributed by atoms with Gasteiger partial charge in [0.1, 0.15) is 5.69 Å². The van der Waals surface area contributed by atoms with Crippen molar-refractivity contribution in [2.45, 2.75) is 31.9 Å². The molecule has 3 aromatic rings. The van der Waals surface area contributed by atoms with Gasteiger partial charge in [-0.1, -0.05) is 0 Å². The first-order valence-electron chi connectivity index (χ1n) is 10.1. The van der Waals surface area contributed by atoms with Crippen LogP contribution in [0.5, 0.6) is 0 Å². The standard InChI is InChI=1S/C22H24F3N5O/c1-14-11-20-26-18(12-19(22(23,24)25)30(20)27-14)16-5-4-10-29(13-16)21(31)15-6-8-17(9-7-15)28(2)3/h6-9,11-12,16H,4-5,10,13H2,1-3H3. The Morgan fingerprint density at radius 2 is 1.87 bits per heavy atom. The van der Waals surface area contributed by atoms with Crippen molar-refractivity contribution in [3.05, 3.63) is 59.0 Å². The highest BCUT2D eigenvalue weighted by Crippen LogP contribution is 2.34. The molecule has 0 N–H and O–H groups in total. The molecule has 0 bridgehead atoms. The molecule has 31 heavy (non-hydrogen) atoms. The van der Waals surface area contributed by atoms with E-state index in [1.807, 2.05) is 31.1 Å². The van der Waals surface area contributed by atoms with E-state index in [1.165, 1.54) is 6.07 Å². The second-order valence-electron chi connectivity index (χ2n) is 8.15. The Morgan fingerprint density at radius 1 is 1.16 bits per heavy atom. The van der Waals surface area contributed by atoms with E-state index in [4.69, 9.17) is 0 Å². The summed E-state index contributed by atoms with van der Waals surface area (Å²) in [6.45, 7) is 2.55. The fraction of sp³-hybridized carbons (Fsp3) is 0.409. The highest BCUT2D eigenvalue weighted by Gasteiger charge is 2.36. The lowest BCUT2D eigenvalue weighted by Gasteiger charge is -2.33. The number of carbonyl (C=O) groups excluding carboxylic acids is 1. The summed E-state index contributed by atoms with van der Waals surface area (Å²) in [6, 6.07) is 9.93. The number of halogens is 3. The van der Waals surface area contributed by atoms with Crippen molar-refractivity contribution in [2.75, 3.05) is 32.1 Å². The van der Waals surface area contributed by atoms with Gasteiger partial charge < -0.3 is 9.80 Å². The summed E-state index contributed by atoms with van der Waals surface area (Å²) in [4.78, 5) is 21.1. The van der Waals surface area contributed by atoms with Gasteiger partial charge in [-0.2, -0.15) is 18.3 Å². The number of aromatic nitrogens is 3. The van der Waals surface area contributed by atoms with Crippen LogP contribution in [0.25, 0.3) is 5.65 Å². The SMILES string of the molecule is Cc1cc2nc(C3CCCN(C(=O)c4ccc(N(C)C)cc4)C3)cc(C(F)(F)F)n2n1. The maximum absolute atomic E-state index is 13.6. The molecule has 0 aliphatic carbocycles. The van der Waals surface area contributed by atoms with E-state index in [2.05, 4.69) is 10.1 Å². The van der Waals surface area contributed by atoms with Crippen molar-refractivity contribution in [1.29, 1.82) is 0 Å². The van der Waals surface area contributed by atoms with Crippen molar-refractivity contribution in [3.63, 3.8) is 0 Å². The minimum Gasteiger partial charge on any atom is -0.378 e. The highest BCUT2D eigenvalue weighted by molar-refractivity contribution is 5.94. The minimum absolute atomic E-state index is 0.118. The van der Waals surface area contributed by atoms with E-state index >= 15 is 0 Å². The van der Waals surface area contributed by atoms with Gasteiger partial charge in [-0.15, -0.1) is 0 Å². The van der Waals surface area contributed by atoms with Gasteiger partial charge in [-0.3, -0.25) is 4.79 Å². The third-order valence-corrected chi connectivity index (χ3v) is 5.62. The van der Waals surface area contributed by atoms with E-state index in [0.717, 1.165) is 16.3 Å². The number of hydrogen-bond acceptors (Lipinski definition) is 4. The summed E-state index contributed by atoms with van der Waals surface area (Å²) in [5, 5.41) is 3.93. The van der Waals surface area contributed by atoms with Crippen molar-refractivity contribution in [3.8, 4) is 0 Å². The molecule has 1 atom stereocenters. The van der Waals surface area contributed by atoms with Crippen LogP contribution in [0.1, 0.15) is 46.2 Å². The molecule has 0 spiro atoms. The Hall–Kier alpha value is -3.10. The van der Waals surface area contributed by atoms with E-state index in [0.29, 0.717) is 42.9 Å². The second kappa shape index (κ2) is 7.86. The number of fused-ring (bicyclic) bond motifs is 1. The number of amides is 1. The van der Waals surface area contributed by atoms with E-state index in [9.17, 15) is 18.0 Å². The fourth-order valence-electron chi connectivity index (χ4n) is 4.01. The number of likely N-dealkylation sites (tertiary alicyclic amines) is 1. The van der Waals surface area contributed by atoms with E-state index in [1.54, 1.807) is 24.0 Å². The molecule has 1 aliphatic rings. The Bertz CT molecular complexity index is 1100. The van der Waals surface area contributed by atoms with Crippen LogP contribution in [0.2, 0.25) is 0 Å². The molecule has 3 heterocycles. The zero-order valence-corrected chi connectivity index (χ0v) is 17.6. The number of anilines is 1. The van der Waals surface area contributed by atoms with Gasteiger partial charge in [0.15, 0.2) is 5.65 Å². The van der Waals surface area contributed by atoms with Crippen molar-refractivity contribution >= 4 is 17.2 Å². The van der Waals surface area contributed by atoms with Crippen molar-refractivity contribution in [2.24, 2.45) is 0 Å². The minimum atomic E-state index is -4.55. The molecule has 2 aromatic heterocycles. The molecular weight excluding hydrogens is 407 g/mol. The van der Waals surface area contributed by atoms with Crippen LogP contribution in [-0.4, -0.2) is 52.6 Å². The van der Waals surface area contributed by atoms with Gasteiger partial charge >= 0.3 is 6.18 Å². The number of rotatable bonds is 3. The van der Waals surface area contributed by atoms with Crippen LogP contribution < -0.4 is 4.90 Å².